The molecule has 0 amide bonds. The van der Waals surface area contributed by atoms with Crippen molar-refractivity contribution < 1.29 is 4.92 Å². The monoisotopic (exact) mass is 288 g/mol. The Morgan fingerprint density at radius 1 is 1.33 bits per heavy atom. The van der Waals surface area contributed by atoms with Crippen molar-refractivity contribution >= 4 is 23.0 Å². The first-order chi connectivity index (χ1) is 10.1. The molecule has 1 aromatic heterocycles. The van der Waals surface area contributed by atoms with Crippen LogP contribution in [0.25, 0.3) is 0 Å². The number of aryl methyl sites for hydroxylation is 1. The number of nitro groups is 1. The summed E-state index contributed by atoms with van der Waals surface area (Å²) in [6, 6.07) is 7.72. The maximum atomic E-state index is 11.2. The van der Waals surface area contributed by atoms with Gasteiger partial charge in [-0.2, -0.15) is 0 Å². The van der Waals surface area contributed by atoms with E-state index in [0.29, 0.717) is 0 Å². The zero-order chi connectivity index (χ0) is 15.4. The summed E-state index contributed by atoms with van der Waals surface area (Å²) in [6.07, 6.45) is 2.16. The standard InChI is InChI=1S/C13H16N6O2/c1-3-9-4-6-10(7-5-9)18(2)13-11(19(20)21)12(17-14)15-8-16-13/h4-8H,3,14H2,1-2H3,(H,15,16,17). The summed E-state index contributed by atoms with van der Waals surface area (Å²) in [5, 5.41) is 11.2. The third-order valence-electron chi connectivity index (χ3n) is 3.17. The van der Waals surface area contributed by atoms with E-state index in [0.717, 1.165) is 12.1 Å². The summed E-state index contributed by atoms with van der Waals surface area (Å²) < 4.78 is 0. The molecule has 0 bridgehead atoms. The highest BCUT2D eigenvalue weighted by atomic mass is 16.6. The molecule has 8 nitrogen and oxygen atoms in total. The Balaban J connectivity index is 2.46. The van der Waals surface area contributed by atoms with Gasteiger partial charge in [0.15, 0.2) is 0 Å². The van der Waals surface area contributed by atoms with Crippen LogP contribution in [0.4, 0.5) is 23.0 Å². The van der Waals surface area contributed by atoms with E-state index in [2.05, 4.69) is 22.3 Å². The van der Waals surface area contributed by atoms with Gasteiger partial charge in [0.2, 0.25) is 11.6 Å². The van der Waals surface area contributed by atoms with Crippen LogP contribution in [-0.4, -0.2) is 21.9 Å². The van der Waals surface area contributed by atoms with Crippen molar-refractivity contribution in [1.29, 1.82) is 0 Å². The molecule has 3 N–H and O–H groups in total. The molecule has 0 atom stereocenters. The number of rotatable bonds is 5. The van der Waals surface area contributed by atoms with Crippen molar-refractivity contribution in [1.82, 2.24) is 9.97 Å². The lowest BCUT2D eigenvalue weighted by Crippen LogP contribution is -2.17. The van der Waals surface area contributed by atoms with Crippen molar-refractivity contribution in [3.63, 3.8) is 0 Å². The predicted molar refractivity (Wildman–Crippen MR) is 80.4 cm³/mol. The first-order valence-corrected chi connectivity index (χ1v) is 6.37. The van der Waals surface area contributed by atoms with E-state index in [1.807, 2.05) is 24.3 Å². The number of anilines is 3. The molecule has 0 aliphatic rings. The number of hydrogen-bond acceptors (Lipinski definition) is 7. The van der Waals surface area contributed by atoms with Gasteiger partial charge in [0, 0.05) is 12.7 Å². The lowest BCUT2D eigenvalue weighted by Gasteiger charge is -2.18. The van der Waals surface area contributed by atoms with Gasteiger partial charge in [0.25, 0.3) is 0 Å². The second-order valence-corrected chi connectivity index (χ2v) is 4.37. The minimum Gasteiger partial charge on any atom is -0.324 e. The molecular formula is C13H16N6O2. The highest BCUT2D eigenvalue weighted by Gasteiger charge is 2.25. The quantitative estimate of drug-likeness (QED) is 0.491. The van der Waals surface area contributed by atoms with E-state index in [1.165, 1.54) is 11.9 Å². The van der Waals surface area contributed by atoms with E-state index < -0.39 is 4.92 Å². The number of hydrazine groups is 1. The maximum absolute atomic E-state index is 11.2. The number of hydrogen-bond donors (Lipinski definition) is 2. The van der Waals surface area contributed by atoms with Crippen molar-refractivity contribution in [2.45, 2.75) is 13.3 Å². The van der Waals surface area contributed by atoms with Crippen LogP contribution in [0.2, 0.25) is 0 Å². The van der Waals surface area contributed by atoms with Gasteiger partial charge in [-0.25, -0.2) is 15.8 Å². The Labute approximate surface area is 121 Å². The number of nitrogens with two attached hydrogens (primary N) is 1. The van der Waals surface area contributed by atoms with Crippen molar-refractivity contribution in [2.24, 2.45) is 5.84 Å². The van der Waals surface area contributed by atoms with Gasteiger partial charge < -0.3 is 10.3 Å². The summed E-state index contributed by atoms with van der Waals surface area (Å²) in [5.41, 5.74) is 3.94. The van der Waals surface area contributed by atoms with Crippen LogP contribution >= 0.6 is 0 Å². The van der Waals surface area contributed by atoms with Crippen molar-refractivity contribution in [2.75, 3.05) is 17.4 Å². The van der Waals surface area contributed by atoms with Gasteiger partial charge in [-0.3, -0.25) is 10.1 Å². The largest absolute Gasteiger partial charge is 0.355 e. The average molecular weight is 288 g/mol. The predicted octanol–water partition coefficient (Wildman–Crippen LogP) is 2.00. The third-order valence-corrected chi connectivity index (χ3v) is 3.17. The van der Waals surface area contributed by atoms with Gasteiger partial charge in [0.1, 0.15) is 6.33 Å². The summed E-state index contributed by atoms with van der Waals surface area (Å²) >= 11 is 0. The van der Waals surface area contributed by atoms with Gasteiger partial charge in [-0.05, 0) is 24.1 Å². The summed E-state index contributed by atoms with van der Waals surface area (Å²) in [6.45, 7) is 2.06. The molecule has 2 aromatic rings. The lowest BCUT2D eigenvalue weighted by molar-refractivity contribution is -0.383. The summed E-state index contributed by atoms with van der Waals surface area (Å²) in [5.74, 6) is 5.42. The Hall–Kier alpha value is -2.74. The number of nitrogen functional groups attached to an aromatic ring is 1. The van der Waals surface area contributed by atoms with E-state index in [-0.39, 0.29) is 17.3 Å². The van der Waals surface area contributed by atoms with Gasteiger partial charge >= 0.3 is 5.69 Å². The van der Waals surface area contributed by atoms with E-state index in [9.17, 15) is 10.1 Å². The number of nitrogens with zero attached hydrogens (tertiary/aromatic N) is 4. The Morgan fingerprint density at radius 2 is 2.00 bits per heavy atom. The highest BCUT2D eigenvalue weighted by Crippen LogP contribution is 2.34. The molecule has 0 aliphatic heterocycles. The Bertz CT molecular complexity index is 644. The SMILES string of the molecule is CCc1ccc(N(C)c2ncnc(NN)c2[N+](=O)[O-])cc1. The zero-order valence-corrected chi connectivity index (χ0v) is 11.8. The molecule has 110 valence electrons. The molecular weight excluding hydrogens is 272 g/mol. The first-order valence-electron chi connectivity index (χ1n) is 6.37. The number of aromatic nitrogens is 2. The molecule has 0 spiro atoms. The van der Waals surface area contributed by atoms with E-state index in [4.69, 9.17) is 5.84 Å². The van der Waals surface area contributed by atoms with E-state index in [1.54, 1.807) is 11.9 Å². The Kier molecular flexibility index (Phi) is 4.29. The minimum atomic E-state index is -0.554. The van der Waals surface area contributed by atoms with E-state index >= 15 is 0 Å². The zero-order valence-electron chi connectivity index (χ0n) is 11.8. The normalized spacial score (nSPS) is 10.2. The van der Waals surface area contributed by atoms with Gasteiger partial charge in [0.05, 0.1) is 4.92 Å². The molecule has 21 heavy (non-hydrogen) atoms. The van der Waals surface area contributed by atoms with Gasteiger partial charge in [-0.15, -0.1) is 0 Å². The first kappa shape index (κ1) is 14.7. The topological polar surface area (TPSA) is 110 Å². The molecule has 0 saturated heterocycles. The highest BCUT2D eigenvalue weighted by molar-refractivity contribution is 5.74. The Morgan fingerprint density at radius 3 is 2.52 bits per heavy atom. The fourth-order valence-electron chi connectivity index (χ4n) is 1.97. The molecule has 0 saturated carbocycles. The number of benzene rings is 1. The van der Waals surface area contributed by atoms with Crippen LogP contribution in [0.1, 0.15) is 12.5 Å². The second-order valence-electron chi connectivity index (χ2n) is 4.37. The summed E-state index contributed by atoms with van der Waals surface area (Å²) in [4.78, 5) is 20.1. The molecule has 0 radical (unpaired) electrons. The van der Waals surface area contributed by atoms with Crippen molar-refractivity contribution in [3.8, 4) is 0 Å². The molecule has 0 fully saturated rings. The molecule has 2 rings (SSSR count). The average Bonchev–Trinajstić information content (AvgIpc) is 2.53. The van der Waals surface area contributed by atoms with Crippen LogP contribution in [0.15, 0.2) is 30.6 Å². The fourth-order valence-corrected chi connectivity index (χ4v) is 1.97. The summed E-state index contributed by atoms with van der Waals surface area (Å²) in [7, 11) is 1.70. The van der Waals surface area contributed by atoms with Crippen LogP contribution < -0.4 is 16.2 Å². The minimum absolute atomic E-state index is 0.0259. The van der Waals surface area contributed by atoms with Gasteiger partial charge in [-0.1, -0.05) is 19.1 Å². The maximum Gasteiger partial charge on any atom is 0.355 e. The smallest absolute Gasteiger partial charge is 0.324 e. The molecule has 0 unspecified atom stereocenters. The lowest BCUT2D eigenvalue weighted by atomic mass is 10.1. The van der Waals surface area contributed by atoms with Crippen LogP contribution in [0.5, 0.6) is 0 Å². The molecule has 1 aromatic carbocycles. The van der Waals surface area contributed by atoms with Crippen LogP contribution in [0, 0.1) is 10.1 Å². The third kappa shape index (κ3) is 2.90. The van der Waals surface area contributed by atoms with Crippen LogP contribution in [-0.2, 0) is 6.42 Å². The van der Waals surface area contributed by atoms with Crippen molar-refractivity contribution in [3.05, 3.63) is 46.3 Å². The fraction of sp³-hybridized carbons (Fsp3) is 0.231. The molecule has 8 heteroatoms. The molecule has 1 heterocycles. The molecule has 0 aliphatic carbocycles. The number of nitrogens with one attached hydrogen (secondary N) is 1. The second kappa shape index (κ2) is 6.14. The van der Waals surface area contributed by atoms with Crippen LogP contribution in [0.3, 0.4) is 0 Å².